The van der Waals surface area contributed by atoms with Gasteiger partial charge in [0.15, 0.2) is 0 Å². The van der Waals surface area contributed by atoms with E-state index < -0.39 is 0 Å². The van der Waals surface area contributed by atoms with E-state index in [1.54, 1.807) is 0 Å². The van der Waals surface area contributed by atoms with Gasteiger partial charge in [0, 0.05) is 18.2 Å². The minimum atomic E-state index is 0.0127. The maximum Gasteiger partial charge on any atom is 0.250 e. The van der Waals surface area contributed by atoms with E-state index in [1.165, 1.54) is 5.57 Å². The Morgan fingerprint density at radius 1 is 1.17 bits per heavy atom. The molecule has 1 aliphatic heterocycles. The maximum atomic E-state index is 12.7. The Labute approximate surface area is 112 Å². The molecule has 0 saturated carbocycles. The second-order valence-corrected chi connectivity index (χ2v) is 6.69. The van der Waals surface area contributed by atoms with Gasteiger partial charge in [-0.25, -0.2) is 0 Å². The highest BCUT2D eigenvalue weighted by Crippen LogP contribution is 2.34. The fourth-order valence-electron chi connectivity index (χ4n) is 2.38. The Hall–Kier alpha value is -1.05. The van der Waals surface area contributed by atoms with Gasteiger partial charge in [-0.15, -0.1) is 0 Å². The lowest BCUT2D eigenvalue weighted by Crippen LogP contribution is -2.39. The van der Waals surface area contributed by atoms with Crippen LogP contribution >= 0.6 is 0 Å². The summed E-state index contributed by atoms with van der Waals surface area (Å²) in [5.74, 6) is 0.464. The highest BCUT2D eigenvalue weighted by atomic mass is 16.2. The van der Waals surface area contributed by atoms with E-state index in [9.17, 15) is 4.79 Å². The lowest BCUT2D eigenvalue weighted by atomic mass is 9.80. The van der Waals surface area contributed by atoms with Crippen molar-refractivity contribution in [1.82, 2.24) is 4.90 Å². The average molecular weight is 249 g/mol. The third-order valence-corrected chi connectivity index (χ3v) is 3.38. The molecule has 0 N–H and O–H groups in total. The summed E-state index contributed by atoms with van der Waals surface area (Å²) in [6.07, 6.45) is 4.27. The molecule has 18 heavy (non-hydrogen) atoms. The molecule has 0 atom stereocenters. The van der Waals surface area contributed by atoms with Gasteiger partial charge in [-0.2, -0.15) is 0 Å². The second-order valence-electron chi connectivity index (χ2n) is 6.69. The molecule has 0 radical (unpaired) electrons. The summed E-state index contributed by atoms with van der Waals surface area (Å²) >= 11 is 0. The molecule has 1 rings (SSSR count). The van der Waals surface area contributed by atoms with Crippen LogP contribution in [0.25, 0.3) is 0 Å². The summed E-state index contributed by atoms with van der Waals surface area (Å²) in [5.41, 5.74) is 2.18. The Balaban J connectivity index is 3.36. The summed E-state index contributed by atoms with van der Waals surface area (Å²) in [6.45, 7) is 15.6. The zero-order chi connectivity index (χ0) is 14.1. The molecule has 1 heterocycles. The van der Waals surface area contributed by atoms with Gasteiger partial charge < -0.3 is 4.90 Å². The summed E-state index contributed by atoms with van der Waals surface area (Å²) in [4.78, 5) is 14.7. The number of allylic oxidation sites excluding steroid dienone is 2. The molecular weight excluding hydrogens is 222 g/mol. The maximum absolute atomic E-state index is 12.7. The Kier molecular flexibility index (Phi) is 4.41. The Bertz CT molecular complexity index is 380. The highest BCUT2D eigenvalue weighted by molar-refractivity contribution is 5.96. The van der Waals surface area contributed by atoms with Crippen LogP contribution in [-0.2, 0) is 4.79 Å². The van der Waals surface area contributed by atoms with Crippen LogP contribution in [0.1, 0.15) is 48.5 Å². The minimum absolute atomic E-state index is 0.0127. The molecule has 2 nitrogen and oxygen atoms in total. The summed E-state index contributed by atoms with van der Waals surface area (Å²) in [5, 5.41) is 0. The first-order valence-corrected chi connectivity index (χ1v) is 6.88. The van der Waals surface area contributed by atoms with Crippen LogP contribution in [0.15, 0.2) is 23.3 Å². The van der Waals surface area contributed by atoms with Crippen molar-refractivity contribution in [3.63, 3.8) is 0 Å². The van der Waals surface area contributed by atoms with Crippen molar-refractivity contribution in [2.24, 2.45) is 11.3 Å². The summed E-state index contributed by atoms with van der Waals surface area (Å²) in [7, 11) is 0. The number of hydrogen-bond donors (Lipinski definition) is 0. The molecule has 0 spiro atoms. The van der Waals surface area contributed by atoms with Gasteiger partial charge >= 0.3 is 0 Å². The first kappa shape index (κ1) is 15.0. The van der Waals surface area contributed by atoms with Crippen molar-refractivity contribution in [3.05, 3.63) is 23.3 Å². The number of carbonyl (C=O) groups excluding carboxylic acids is 1. The van der Waals surface area contributed by atoms with Gasteiger partial charge in [-0.3, -0.25) is 4.79 Å². The van der Waals surface area contributed by atoms with Crippen LogP contribution in [0.5, 0.6) is 0 Å². The largest absolute Gasteiger partial charge is 0.333 e. The van der Waals surface area contributed by atoms with Crippen LogP contribution in [0, 0.1) is 11.3 Å². The van der Waals surface area contributed by atoms with E-state index in [2.05, 4.69) is 60.6 Å². The normalized spacial score (nSPS) is 18.1. The average Bonchev–Trinajstić information content (AvgIpc) is 2.35. The standard InChI is InChI=1S/C16H27NO/c1-11(2)14-13(16(5,6)7)9-8-10-17(12(3)4)15(14)18/h8-9,11-12H,10H2,1-7H3. The van der Waals surface area contributed by atoms with E-state index in [0.29, 0.717) is 6.54 Å². The molecule has 0 aromatic heterocycles. The van der Waals surface area contributed by atoms with Crippen molar-refractivity contribution in [2.45, 2.75) is 54.5 Å². The summed E-state index contributed by atoms with van der Waals surface area (Å²) < 4.78 is 0. The Morgan fingerprint density at radius 2 is 1.72 bits per heavy atom. The number of nitrogens with zero attached hydrogens (tertiary/aromatic N) is 1. The van der Waals surface area contributed by atoms with Crippen LogP contribution in [0.4, 0.5) is 0 Å². The lowest BCUT2D eigenvalue weighted by molar-refractivity contribution is -0.128. The molecule has 102 valence electrons. The molecule has 0 fully saturated rings. The van der Waals surface area contributed by atoms with Gasteiger partial charge in [-0.05, 0) is 30.8 Å². The molecule has 0 saturated heterocycles. The lowest BCUT2D eigenvalue weighted by Gasteiger charge is -2.29. The fourth-order valence-corrected chi connectivity index (χ4v) is 2.38. The molecule has 1 amide bonds. The number of rotatable bonds is 2. The molecular formula is C16H27NO. The predicted octanol–water partition coefficient (Wildman–Crippen LogP) is 3.79. The first-order chi connectivity index (χ1) is 8.16. The number of carbonyl (C=O) groups is 1. The van der Waals surface area contributed by atoms with E-state index >= 15 is 0 Å². The van der Waals surface area contributed by atoms with Gasteiger partial charge in [0.2, 0.25) is 0 Å². The molecule has 0 aliphatic carbocycles. The van der Waals surface area contributed by atoms with E-state index in [-0.39, 0.29) is 23.3 Å². The smallest absolute Gasteiger partial charge is 0.250 e. The number of amides is 1. The third kappa shape index (κ3) is 3.04. The monoisotopic (exact) mass is 249 g/mol. The van der Waals surface area contributed by atoms with Crippen LogP contribution in [-0.4, -0.2) is 23.4 Å². The SMILES string of the molecule is CC(C)C1=C(C(C)(C)C)C=CCN(C(C)C)C1=O. The molecule has 0 unspecified atom stereocenters. The first-order valence-electron chi connectivity index (χ1n) is 6.88. The molecule has 2 heteroatoms. The van der Waals surface area contributed by atoms with Crippen LogP contribution in [0.3, 0.4) is 0 Å². The quantitative estimate of drug-likeness (QED) is 0.729. The van der Waals surface area contributed by atoms with E-state index in [1.807, 2.05) is 4.90 Å². The van der Waals surface area contributed by atoms with Crippen molar-refractivity contribution < 1.29 is 4.79 Å². The van der Waals surface area contributed by atoms with Gasteiger partial charge in [0.1, 0.15) is 0 Å². The second kappa shape index (κ2) is 5.29. The van der Waals surface area contributed by atoms with Gasteiger partial charge in [0.05, 0.1) is 0 Å². The van der Waals surface area contributed by atoms with Crippen molar-refractivity contribution >= 4 is 5.91 Å². The topological polar surface area (TPSA) is 20.3 Å². The van der Waals surface area contributed by atoms with Crippen LogP contribution < -0.4 is 0 Å². The third-order valence-electron chi connectivity index (χ3n) is 3.38. The van der Waals surface area contributed by atoms with Gasteiger partial charge in [-0.1, -0.05) is 46.8 Å². The Morgan fingerprint density at radius 3 is 2.11 bits per heavy atom. The minimum Gasteiger partial charge on any atom is -0.333 e. The predicted molar refractivity (Wildman–Crippen MR) is 77.3 cm³/mol. The van der Waals surface area contributed by atoms with Crippen molar-refractivity contribution in [1.29, 1.82) is 0 Å². The molecule has 0 aromatic carbocycles. The van der Waals surface area contributed by atoms with E-state index in [4.69, 9.17) is 0 Å². The van der Waals surface area contributed by atoms with Crippen molar-refractivity contribution in [3.8, 4) is 0 Å². The molecule has 0 aromatic rings. The van der Waals surface area contributed by atoms with E-state index in [0.717, 1.165) is 5.57 Å². The molecule has 0 bridgehead atoms. The zero-order valence-corrected chi connectivity index (χ0v) is 12.9. The molecule has 1 aliphatic rings. The summed E-state index contributed by atoms with van der Waals surface area (Å²) in [6, 6.07) is 0.246. The van der Waals surface area contributed by atoms with Crippen molar-refractivity contribution in [2.75, 3.05) is 6.54 Å². The van der Waals surface area contributed by atoms with Crippen LogP contribution in [0.2, 0.25) is 0 Å². The zero-order valence-electron chi connectivity index (χ0n) is 12.9. The fraction of sp³-hybridized carbons (Fsp3) is 0.688. The number of hydrogen-bond acceptors (Lipinski definition) is 1. The van der Waals surface area contributed by atoms with Gasteiger partial charge in [0.25, 0.3) is 5.91 Å². The highest BCUT2D eigenvalue weighted by Gasteiger charge is 2.30.